The van der Waals surface area contributed by atoms with E-state index >= 15 is 0 Å². The van der Waals surface area contributed by atoms with E-state index in [-0.39, 0.29) is 24.1 Å². The Balaban J connectivity index is 2.03. The van der Waals surface area contributed by atoms with Crippen LogP contribution >= 0.6 is 0 Å². The van der Waals surface area contributed by atoms with Crippen LogP contribution in [0, 0.1) is 12.8 Å². The minimum Gasteiger partial charge on any atom is -0.508 e. The number of fused-ring (bicyclic) bond motifs is 1. The third-order valence-corrected chi connectivity index (χ3v) is 6.56. The first-order valence-corrected chi connectivity index (χ1v) is 14.2. The molecule has 0 saturated heterocycles. The Labute approximate surface area is 243 Å². The minimum absolute atomic E-state index is 0.0863. The zero-order valence-corrected chi connectivity index (χ0v) is 25.2. The number of aryl methyl sites for hydroxylation is 1. The molecule has 2 unspecified atom stereocenters. The monoisotopic (exact) mass is 561 g/mol. The number of nitrogens with one attached hydrogen (secondary N) is 2. The average Bonchev–Trinajstić information content (AvgIpc) is 2.88. The van der Waals surface area contributed by atoms with Gasteiger partial charge in [-0.2, -0.15) is 0 Å². The summed E-state index contributed by atoms with van der Waals surface area (Å²) in [6.45, 7) is 13.2. The number of nitrogens with zero attached hydrogens (tertiary/aromatic N) is 1. The van der Waals surface area contributed by atoms with Crippen LogP contribution in [-0.4, -0.2) is 46.1 Å². The summed E-state index contributed by atoms with van der Waals surface area (Å²) >= 11 is 0. The molecular weight excluding hydrogens is 518 g/mol. The molecule has 0 bridgehead atoms. The molecule has 3 amide bonds. The third-order valence-electron chi connectivity index (χ3n) is 6.56. The van der Waals surface area contributed by atoms with Gasteiger partial charge in [0.25, 0.3) is 5.91 Å². The van der Waals surface area contributed by atoms with Crippen molar-refractivity contribution in [2.45, 2.75) is 79.0 Å². The third kappa shape index (κ3) is 8.71. The highest BCUT2D eigenvalue weighted by Crippen LogP contribution is 2.29. The Morgan fingerprint density at radius 3 is 2.27 bits per heavy atom. The Hall–Kier alpha value is -4.07. The number of ether oxygens (including phenoxy) is 1. The summed E-state index contributed by atoms with van der Waals surface area (Å²) in [5, 5.41) is 18.0. The van der Waals surface area contributed by atoms with Crippen molar-refractivity contribution in [3.63, 3.8) is 0 Å². The van der Waals surface area contributed by atoms with E-state index in [9.17, 15) is 19.5 Å². The number of amides is 3. The molecule has 8 nitrogen and oxygen atoms in total. The van der Waals surface area contributed by atoms with Crippen molar-refractivity contribution in [2.24, 2.45) is 5.92 Å². The van der Waals surface area contributed by atoms with E-state index in [1.807, 2.05) is 63.2 Å². The van der Waals surface area contributed by atoms with Crippen LogP contribution in [-0.2, 0) is 14.3 Å². The molecule has 0 aliphatic heterocycles. The zero-order chi connectivity index (χ0) is 30.3. The van der Waals surface area contributed by atoms with Gasteiger partial charge >= 0.3 is 6.09 Å². The van der Waals surface area contributed by atoms with Crippen molar-refractivity contribution in [3.8, 4) is 5.75 Å². The normalized spacial score (nSPS) is 13.0. The number of aromatic hydroxyl groups is 1. The Kier molecular flexibility index (Phi) is 10.4. The molecule has 0 aliphatic carbocycles. The van der Waals surface area contributed by atoms with Crippen molar-refractivity contribution in [1.82, 2.24) is 10.2 Å². The summed E-state index contributed by atoms with van der Waals surface area (Å²) < 4.78 is 5.45. The van der Waals surface area contributed by atoms with E-state index in [0.29, 0.717) is 29.7 Å². The van der Waals surface area contributed by atoms with Crippen LogP contribution in [0.4, 0.5) is 10.5 Å². The first kappa shape index (κ1) is 31.5. The quantitative estimate of drug-likeness (QED) is 0.255. The molecule has 0 spiro atoms. The maximum absolute atomic E-state index is 14.2. The number of phenolic OH excluding ortho intramolecular Hbond substituents is 1. The highest BCUT2D eigenvalue weighted by Gasteiger charge is 2.36. The number of rotatable bonds is 10. The predicted octanol–water partition coefficient (Wildman–Crippen LogP) is 6.71. The molecule has 220 valence electrons. The predicted molar refractivity (Wildman–Crippen MR) is 163 cm³/mol. The molecule has 3 aromatic carbocycles. The molecule has 0 radical (unpaired) electrons. The fourth-order valence-corrected chi connectivity index (χ4v) is 4.75. The van der Waals surface area contributed by atoms with Gasteiger partial charge in [-0.15, -0.1) is 0 Å². The SMILES string of the molecule is CCCN(C(=O)C(CC(C)C)NC(=O)OC(C)(C)C)C(C(=O)Nc1ccc2ccccc2c1)c1ccc(O)c(C)c1. The van der Waals surface area contributed by atoms with Gasteiger partial charge in [0.15, 0.2) is 0 Å². The topological polar surface area (TPSA) is 108 Å². The standard InChI is InChI=1S/C33H43N3O5/c1-8-17-36(31(39)27(18-21(2)3)35-32(40)41-33(5,6)7)29(25-14-16-28(37)22(4)19-25)30(38)34-26-15-13-23-11-9-10-12-24(23)20-26/h9-16,19-21,27,29,37H,8,17-18H2,1-7H3,(H,34,38)(H,35,40). The van der Waals surface area contributed by atoms with Gasteiger partial charge in [0.05, 0.1) is 0 Å². The van der Waals surface area contributed by atoms with Crippen LogP contribution in [0.15, 0.2) is 60.7 Å². The van der Waals surface area contributed by atoms with Gasteiger partial charge in [-0.05, 0) is 92.6 Å². The number of anilines is 1. The average molecular weight is 562 g/mol. The molecule has 0 heterocycles. The summed E-state index contributed by atoms with van der Waals surface area (Å²) in [5.41, 5.74) is 1.01. The first-order valence-electron chi connectivity index (χ1n) is 14.2. The number of alkyl carbamates (subject to hydrolysis) is 1. The van der Waals surface area contributed by atoms with E-state index < -0.39 is 29.7 Å². The first-order chi connectivity index (χ1) is 19.3. The lowest BCUT2D eigenvalue weighted by atomic mass is 9.97. The van der Waals surface area contributed by atoms with Gasteiger partial charge in [0.2, 0.25) is 5.91 Å². The molecule has 0 aliphatic rings. The van der Waals surface area contributed by atoms with Crippen LogP contribution < -0.4 is 10.6 Å². The fraction of sp³-hybridized carbons (Fsp3) is 0.424. The molecular formula is C33H43N3O5. The molecule has 8 heteroatoms. The molecule has 2 atom stereocenters. The lowest BCUT2D eigenvalue weighted by Gasteiger charge is -2.35. The highest BCUT2D eigenvalue weighted by atomic mass is 16.6. The maximum Gasteiger partial charge on any atom is 0.408 e. The minimum atomic E-state index is -1.01. The van der Waals surface area contributed by atoms with Gasteiger partial charge in [-0.25, -0.2) is 4.79 Å². The van der Waals surface area contributed by atoms with Crippen LogP contribution in [0.2, 0.25) is 0 Å². The van der Waals surface area contributed by atoms with E-state index in [0.717, 1.165) is 10.8 Å². The Bertz CT molecular complexity index is 1380. The molecule has 41 heavy (non-hydrogen) atoms. The molecule has 0 aromatic heterocycles. The summed E-state index contributed by atoms with van der Waals surface area (Å²) in [7, 11) is 0. The lowest BCUT2D eigenvalue weighted by Crippen LogP contribution is -2.53. The summed E-state index contributed by atoms with van der Waals surface area (Å²) in [6.07, 6.45) is 0.264. The van der Waals surface area contributed by atoms with E-state index in [1.54, 1.807) is 39.8 Å². The van der Waals surface area contributed by atoms with Gasteiger partial charge < -0.3 is 25.4 Å². The summed E-state index contributed by atoms with van der Waals surface area (Å²) in [6, 6.07) is 16.5. The molecule has 3 rings (SSSR count). The van der Waals surface area contributed by atoms with Gasteiger partial charge in [0.1, 0.15) is 23.4 Å². The fourth-order valence-electron chi connectivity index (χ4n) is 4.75. The van der Waals surface area contributed by atoms with Crippen molar-refractivity contribution < 1.29 is 24.2 Å². The van der Waals surface area contributed by atoms with E-state index in [2.05, 4.69) is 10.6 Å². The second kappa shape index (κ2) is 13.5. The smallest absolute Gasteiger partial charge is 0.408 e. The largest absolute Gasteiger partial charge is 0.508 e. The number of phenols is 1. The summed E-state index contributed by atoms with van der Waals surface area (Å²) in [4.78, 5) is 42.5. The van der Waals surface area contributed by atoms with E-state index in [4.69, 9.17) is 4.74 Å². The van der Waals surface area contributed by atoms with Crippen molar-refractivity contribution in [2.75, 3.05) is 11.9 Å². The number of hydrogen-bond acceptors (Lipinski definition) is 5. The number of benzene rings is 3. The van der Waals surface area contributed by atoms with Crippen molar-refractivity contribution >= 4 is 34.4 Å². The van der Waals surface area contributed by atoms with Crippen LogP contribution in [0.3, 0.4) is 0 Å². The number of carbonyl (C=O) groups is 3. The molecule has 3 N–H and O–H groups in total. The van der Waals surface area contributed by atoms with Crippen LogP contribution in [0.25, 0.3) is 10.8 Å². The van der Waals surface area contributed by atoms with Crippen molar-refractivity contribution in [3.05, 3.63) is 71.8 Å². The molecule has 0 saturated carbocycles. The zero-order valence-electron chi connectivity index (χ0n) is 25.2. The Morgan fingerprint density at radius 2 is 1.66 bits per heavy atom. The highest BCUT2D eigenvalue weighted by molar-refractivity contribution is 6.00. The second-order valence-electron chi connectivity index (χ2n) is 11.9. The van der Waals surface area contributed by atoms with Gasteiger partial charge in [-0.3, -0.25) is 9.59 Å². The molecule has 0 fully saturated rings. The van der Waals surface area contributed by atoms with Gasteiger partial charge in [-0.1, -0.05) is 57.2 Å². The number of carbonyl (C=O) groups excluding carboxylic acids is 3. The Morgan fingerprint density at radius 1 is 0.976 bits per heavy atom. The maximum atomic E-state index is 14.2. The number of hydrogen-bond donors (Lipinski definition) is 3. The van der Waals surface area contributed by atoms with Gasteiger partial charge in [0, 0.05) is 12.2 Å². The van der Waals surface area contributed by atoms with Crippen molar-refractivity contribution in [1.29, 1.82) is 0 Å². The van der Waals surface area contributed by atoms with E-state index in [1.165, 1.54) is 11.0 Å². The van der Waals surface area contributed by atoms with Crippen LogP contribution in [0.1, 0.15) is 71.6 Å². The van der Waals surface area contributed by atoms with Crippen LogP contribution in [0.5, 0.6) is 5.75 Å². The molecule has 3 aromatic rings. The summed E-state index contributed by atoms with van der Waals surface area (Å²) in [5.74, 6) is -0.591. The lowest BCUT2D eigenvalue weighted by molar-refractivity contribution is -0.141. The second-order valence-corrected chi connectivity index (χ2v) is 11.9.